The first-order valence-electron chi connectivity index (χ1n) is 5.45. The Bertz CT molecular complexity index is 833. The number of fused-ring (bicyclic) bond motifs is 3. The van der Waals surface area contributed by atoms with Gasteiger partial charge in [-0.2, -0.15) is 0 Å². The predicted molar refractivity (Wildman–Crippen MR) is 69.0 cm³/mol. The van der Waals surface area contributed by atoms with Crippen molar-refractivity contribution in [2.45, 2.75) is 0 Å². The van der Waals surface area contributed by atoms with E-state index in [2.05, 4.69) is 4.98 Å². The van der Waals surface area contributed by atoms with E-state index in [9.17, 15) is 9.59 Å². The third-order valence-corrected chi connectivity index (χ3v) is 2.98. The summed E-state index contributed by atoms with van der Waals surface area (Å²) in [7, 11) is 0. The summed E-state index contributed by atoms with van der Waals surface area (Å²) in [5.74, 6) is -0.999. The van der Waals surface area contributed by atoms with E-state index in [0.29, 0.717) is 16.3 Å². The van der Waals surface area contributed by atoms with Crippen molar-refractivity contribution < 1.29 is 9.90 Å². The number of carboxylic acids is 1. The fraction of sp³-hybridized carbons (Fsp3) is 0. The normalized spacial score (nSPS) is 10.9. The van der Waals surface area contributed by atoms with Crippen LogP contribution in [0.3, 0.4) is 0 Å². The zero-order chi connectivity index (χ0) is 12.7. The van der Waals surface area contributed by atoms with Crippen LogP contribution >= 0.6 is 0 Å². The molecule has 0 aliphatic heterocycles. The van der Waals surface area contributed by atoms with E-state index in [4.69, 9.17) is 5.11 Å². The zero-order valence-corrected chi connectivity index (χ0v) is 9.31. The highest BCUT2D eigenvalue weighted by Crippen LogP contribution is 2.22. The van der Waals surface area contributed by atoms with Crippen LogP contribution in [-0.4, -0.2) is 16.1 Å². The van der Waals surface area contributed by atoms with Gasteiger partial charge in [-0.05, 0) is 29.7 Å². The quantitative estimate of drug-likeness (QED) is 0.640. The van der Waals surface area contributed by atoms with Crippen LogP contribution in [0.15, 0.2) is 47.3 Å². The van der Waals surface area contributed by atoms with Gasteiger partial charge in [-0.15, -0.1) is 0 Å². The molecule has 0 saturated carbocycles. The second-order valence-corrected chi connectivity index (χ2v) is 4.07. The van der Waals surface area contributed by atoms with Gasteiger partial charge in [0.05, 0.1) is 5.56 Å². The van der Waals surface area contributed by atoms with Crippen molar-refractivity contribution in [3.63, 3.8) is 0 Å². The molecule has 88 valence electrons. The molecule has 0 amide bonds. The second-order valence-electron chi connectivity index (χ2n) is 4.07. The summed E-state index contributed by atoms with van der Waals surface area (Å²) in [6, 6.07) is 11.9. The van der Waals surface area contributed by atoms with E-state index in [1.165, 1.54) is 12.1 Å². The summed E-state index contributed by atoms with van der Waals surface area (Å²) < 4.78 is 0. The van der Waals surface area contributed by atoms with E-state index in [0.717, 1.165) is 5.39 Å². The number of carboxylic acid groups (broad SMARTS) is 1. The number of carbonyl (C=O) groups is 1. The van der Waals surface area contributed by atoms with Crippen LogP contribution in [0, 0.1) is 0 Å². The number of rotatable bonds is 1. The number of aromatic amines is 1. The number of para-hydroxylation sites is 1. The van der Waals surface area contributed by atoms with E-state index < -0.39 is 5.97 Å². The summed E-state index contributed by atoms with van der Waals surface area (Å²) >= 11 is 0. The number of H-pyrrole nitrogens is 1. The minimum absolute atomic E-state index is 0.179. The Hall–Kier alpha value is -2.62. The molecule has 18 heavy (non-hydrogen) atoms. The SMILES string of the molecule is O=C(O)c1ccc2c(=O)[nH]c3ccccc3c2c1. The highest BCUT2D eigenvalue weighted by molar-refractivity contribution is 6.07. The summed E-state index contributed by atoms with van der Waals surface area (Å²) in [6.45, 7) is 0. The first-order valence-corrected chi connectivity index (χ1v) is 5.45. The Morgan fingerprint density at radius 2 is 1.78 bits per heavy atom. The highest BCUT2D eigenvalue weighted by atomic mass is 16.4. The molecule has 0 fully saturated rings. The maximum absolute atomic E-state index is 11.9. The van der Waals surface area contributed by atoms with Gasteiger partial charge in [-0.1, -0.05) is 18.2 Å². The molecular weight excluding hydrogens is 230 g/mol. The minimum atomic E-state index is -0.999. The Morgan fingerprint density at radius 3 is 2.56 bits per heavy atom. The average molecular weight is 239 g/mol. The van der Waals surface area contributed by atoms with Crippen molar-refractivity contribution >= 4 is 27.6 Å². The van der Waals surface area contributed by atoms with E-state index in [1.807, 2.05) is 18.2 Å². The third kappa shape index (κ3) is 1.47. The summed E-state index contributed by atoms with van der Waals surface area (Å²) in [5, 5.41) is 11.0. The van der Waals surface area contributed by atoms with E-state index >= 15 is 0 Å². The second kappa shape index (κ2) is 3.70. The number of hydrogen-bond acceptors (Lipinski definition) is 2. The van der Waals surface area contributed by atoms with Crippen LogP contribution < -0.4 is 5.56 Å². The summed E-state index contributed by atoms with van der Waals surface area (Å²) in [6.07, 6.45) is 0. The molecule has 4 nitrogen and oxygen atoms in total. The van der Waals surface area contributed by atoms with E-state index in [1.54, 1.807) is 12.1 Å². The van der Waals surface area contributed by atoms with Gasteiger partial charge in [0.25, 0.3) is 5.56 Å². The van der Waals surface area contributed by atoms with Crippen molar-refractivity contribution in [3.8, 4) is 0 Å². The smallest absolute Gasteiger partial charge is 0.335 e. The molecule has 3 aromatic rings. The molecule has 0 aliphatic carbocycles. The van der Waals surface area contributed by atoms with Gasteiger partial charge < -0.3 is 10.1 Å². The third-order valence-electron chi connectivity index (χ3n) is 2.98. The molecule has 1 aromatic heterocycles. The maximum Gasteiger partial charge on any atom is 0.335 e. The molecule has 1 heterocycles. The standard InChI is InChI=1S/C14H9NO3/c16-13-10-6-5-8(14(17)18)7-11(10)9-3-1-2-4-12(9)15-13/h1-7H,(H,15,16)(H,17,18). The summed E-state index contributed by atoms with van der Waals surface area (Å²) in [4.78, 5) is 25.6. The number of nitrogens with one attached hydrogen (secondary N) is 1. The van der Waals surface area contributed by atoms with Crippen LogP contribution in [0.4, 0.5) is 0 Å². The van der Waals surface area contributed by atoms with Gasteiger partial charge in [0.15, 0.2) is 0 Å². The van der Waals surface area contributed by atoms with Crippen LogP contribution in [0.1, 0.15) is 10.4 Å². The topological polar surface area (TPSA) is 70.2 Å². The van der Waals surface area contributed by atoms with Crippen molar-refractivity contribution in [2.75, 3.05) is 0 Å². The average Bonchev–Trinajstić information content (AvgIpc) is 2.38. The van der Waals surface area contributed by atoms with Gasteiger partial charge in [0.2, 0.25) is 0 Å². The lowest BCUT2D eigenvalue weighted by Crippen LogP contribution is -2.07. The molecule has 0 saturated heterocycles. The number of pyridine rings is 1. The van der Waals surface area contributed by atoms with Crippen LogP contribution in [0.25, 0.3) is 21.7 Å². The lowest BCUT2D eigenvalue weighted by atomic mass is 10.0. The zero-order valence-electron chi connectivity index (χ0n) is 9.31. The van der Waals surface area contributed by atoms with Crippen molar-refractivity contribution in [1.29, 1.82) is 0 Å². The Kier molecular flexibility index (Phi) is 2.16. The monoisotopic (exact) mass is 239 g/mol. The fourth-order valence-corrected chi connectivity index (χ4v) is 2.11. The number of aromatic carboxylic acids is 1. The lowest BCUT2D eigenvalue weighted by molar-refractivity contribution is 0.0697. The van der Waals surface area contributed by atoms with Crippen molar-refractivity contribution in [2.24, 2.45) is 0 Å². The first-order chi connectivity index (χ1) is 8.66. The lowest BCUT2D eigenvalue weighted by Gasteiger charge is -2.04. The van der Waals surface area contributed by atoms with Crippen LogP contribution in [0.5, 0.6) is 0 Å². The number of benzene rings is 2. The Morgan fingerprint density at radius 1 is 1.00 bits per heavy atom. The highest BCUT2D eigenvalue weighted by Gasteiger charge is 2.08. The molecule has 4 heteroatoms. The molecule has 0 radical (unpaired) electrons. The molecule has 3 rings (SSSR count). The van der Waals surface area contributed by atoms with Gasteiger partial charge in [0, 0.05) is 16.3 Å². The van der Waals surface area contributed by atoms with Gasteiger partial charge in [0.1, 0.15) is 0 Å². The van der Waals surface area contributed by atoms with Gasteiger partial charge in [-0.3, -0.25) is 4.79 Å². The van der Waals surface area contributed by atoms with Gasteiger partial charge >= 0.3 is 5.97 Å². The molecule has 0 aliphatic rings. The Balaban J connectivity index is 2.55. The predicted octanol–water partition coefficient (Wildman–Crippen LogP) is 2.38. The molecule has 2 N–H and O–H groups in total. The first kappa shape index (κ1) is 10.5. The molecule has 0 bridgehead atoms. The number of hydrogen-bond donors (Lipinski definition) is 2. The van der Waals surface area contributed by atoms with Crippen molar-refractivity contribution in [1.82, 2.24) is 4.98 Å². The maximum atomic E-state index is 11.9. The molecule has 0 unspecified atom stereocenters. The molecule has 0 spiro atoms. The van der Waals surface area contributed by atoms with E-state index in [-0.39, 0.29) is 11.1 Å². The minimum Gasteiger partial charge on any atom is -0.478 e. The largest absolute Gasteiger partial charge is 0.478 e. The Labute approximate surface area is 101 Å². The molecule has 2 aromatic carbocycles. The van der Waals surface area contributed by atoms with Crippen LogP contribution in [-0.2, 0) is 0 Å². The van der Waals surface area contributed by atoms with Crippen LogP contribution in [0.2, 0.25) is 0 Å². The van der Waals surface area contributed by atoms with Gasteiger partial charge in [-0.25, -0.2) is 4.79 Å². The molecule has 0 atom stereocenters. The van der Waals surface area contributed by atoms with Crippen molar-refractivity contribution in [3.05, 3.63) is 58.4 Å². The fourth-order valence-electron chi connectivity index (χ4n) is 2.11. The number of aromatic nitrogens is 1. The molecular formula is C14H9NO3. The summed E-state index contributed by atoms with van der Waals surface area (Å²) in [5.41, 5.74) is 0.677.